The van der Waals surface area contributed by atoms with Gasteiger partial charge in [-0.1, -0.05) is 13.8 Å². The summed E-state index contributed by atoms with van der Waals surface area (Å²) in [4.78, 5) is 9.08. The molecule has 7 nitrogen and oxygen atoms in total. The number of aliphatic imine (C=N–C) groups is 1. The van der Waals surface area contributed by atoms with Crippen LogP contribution in [-0.4, -0.2) is 82.3 Å². The fraction of sp³-hybridized carbons (Fsp3) is 0.750. The van der Waals surface area contributed by atoms with Gasteiger partial charge in [0.2, 0.25) is 0 Å². The zero-order valence-corrected chi connectivity index (χ0v) is 17.6. The SMILES string of the molecule is CN=C(NCC(c1ccco1)N(C)C)NCC(CC(C)C)N1CCOCC1. The summed E-state index contributed by atoms with van der Waals surface area (Å²) >= 11 is 0. The lowest BCUT2D eigenvalue weighted by Crippen LogP contribution is -2.51. The molecule has 1 aromatic heterocycles. The molecule has 1 aromatic rings. The molecule has 0 saturated carbocycles. The molecule has 1 aliphatic rings. The minimum Gasteiger partial charge on any atom is -0.468 e. The van der Waals surface area contributed by atoms with Gasteiger partial charge in [-0.3, -0.25) is 14.8 Å². The van der Waals surface area contributed by atoms with Crippen LogP contribution in [0.1, 0.15) is 32.1 Å². The lowest BCUT2D eigenvalue weighted by Gasteiger charge is -2.36. The Morgan fingerprint density at radius 3 is 2.48 bits per heavy atom. The van der Waals surface area contributed by atoms with Crippen LogP contribution in [0.4, 0.5) is 0 Å². The number of hydrogen-bond donors (Lipinski definition) is 2. The Morgan fingerprint density at radius 1 is 1.22 bits per heavy atom. The van der Waals surface area contributed by atoms with Gasteiger partial charge >= 0.3 is 0 Å². The second kappa shape index (κ2) is 11.3. The van der Waals surface area contributed by atoms with E-state index in [0.29, 0.717) is 12.0 Å². The maximum Gasteiger partial charge on any atom is 0.191 e. The van der Waals surface area contributed by atoms with Crippen molar-refractivity contribution in [3.63, 3.8) is 0 Å². The summed E-state index contributed by atoms with van der Waals surface area (Å²) in [5.41, 5.74) is 0. The highest BCUT2D eigenvalue weighted by Crippen LogP contribution is 2.17. The maximum atomic E-state index is 5.58. The van der Waals surface area contributed by atoms with E-state index >= 15 is 0 Å². The van der Waals surface area contributed by atoms with Crippen molar-refractivity contribution in [2.75, 3.05) is 60.5 Å². The number of hydrogen-bond acceptors (Lipinski definition) is 5. The molecule has 1 aliphatic heterocycles. The summed E-state index contributed by atoms with van der Waals surface area (Å²) in [6.07, 6.45) is 2.88. The minimum absolute atomic E-state index is 0.157. The minimum atomic E-state index is 0.157. The van der Waals surface area contributed by atoms with E-state index in [2.05, 4.69) is 53.4 Å². The molecule has 2 rings (SSSR count). The molecule has 2 heterocycles. The molecule has 0 spiro atoms. The summed E-state index contributed by atoms with van der Waals surface area (Å²) in [5, 5.41) is 6.96. The molecule has 0 amide bonds. The monoisotopic (exact) mass is 379 g/mol. The van der Waals surface area contributed by atoms with Crippen LogP contribution in [0, 0.1) is 5.92 Å². The third kappa shape index (κ3) is 7.16. The Bertz CT molecular complexity index is 539. The van der Waals surface area contributed by atoms with Gasteiger partial charge in [0, 0.05) is 39.3 Å². The van der Waals surface area contributed by atoms with Gasteiger partial charge in [-0.2, -0.15) is 0 Å². The van der Waals surface area contributed by atoms with E-state index in [1.807, 2.05) is 19.2 Å². The number of likely N-dealkylation sites (N-methyl/N-ethyl adjacent to an activating group) is 1. The third-order valence-electron chi connectivity index (χ3n) is 4.99. The van der Waals surface area contributed by atoms with E-state index in [1.54, 1.807) is 6.26 Å². The molecule has 2 atom stereocenters. The molecule has 0 aromatic carbocycles. The van der Waals surface area contributed by atoms with Crippen molar-refractivity contribution in [2.45, 2.75) is 32.4 Å². The Hall–Kier alpha value is -1.57. The highest BCUT2D eigenvalue weighted by molar-refractivity contribution is 5.79. The van der Waals surface area contributed by atoms with Gasteiger partial charge in [0.15, 0.2) is 5.96 Å². The van der Waals surface area contributed by atoms with E-state index in [9.17, 15) is 0 Å². The number of morpholine rings is 1. The quantitative estimate of drug-likeness (QED) is 0.504. The molecule has 27 heavy (non-hydrogen) atoms. The van der Waals surface area contributed by atoms with Crippen molar-refractivity contribution in [3.8, 4) is 0 Å². The van der Waals surface area contributed by atoms with Crippen molar-refractivity contribution in [1.29, 1.82) is 0 Å². The van der Waals surface area contributed by atoms with Crippen LogP contribution in [0.15, 0.2) is 27.8 Å². The molecule has 2 N–H and O–H groups in total. The normalized spacial score (nSPS) is 18.7. The van der Waals surface area contributed by atoms with Crippen LogP contribution in [0.5, 0.6) is 0 Å². The van der Waals surface area contributed by atoms with Gasteiger partial charge < -0.3 is 19.8 Å². The number of nitrogens with one attached hydrogen (secondary N) is 2. The van der Waals surface area contributed by atoms with Crippen LogP contribution in [0.25, 0.3) is 0 Å². The van der Waals surface area contributed by atoms with Gasteiger partial charge in [0.25, 0.3) is 0 Å². The highest BCUT2D eigenvalue weighted by Gasteiger charge is 2.22. The molecule has 0 bridgehead atoms. The number of rotatable bonds is 9. The molecule has 1 fully saturated rings. The average molecular weight is 380 g/mol. The van der Waals surface area contributed by atoms with E-state index < -0.39 is 0 Å². The van der Waals surface area contributed by atoms with Crippen molar-refractivity contribution < 1.29 is 9.15 Å². The first kappa shape index (κ1) is 21.7. The molecule has 154 valence electrons. The van der Waals surface area contributed by atoms with Crippen molar-refractivity contribution in [3.05, 3.63) is 24.2 Å². The predicted molar refractivity (Wildman–Crippen MR) is 110 cm³/mol. The predicted octanol–water partition coefficient (Wildman–Crippen LogP) is 1.79. The van der Waals surface area contributed by atoms with Gasteiger partial charge in [0.05, 0.1) is 25.5 Å². The summed E-state index contributed by atoms with van der Waals surface area (Å²) < 4.78 is 11.1. The zero-order chi connectivity index (χ0) is 19.6. The second-order valence-electron chi connectivity index (χ2n) is 7.76. The van der Waals surface area contributed by atoms with Crippen LogP contribution < -0.4 is 10.6 Å². The standard InChI is InChI=1S/C20H37N5O2/c1-16(2)13-17(25-8-11-26-12-9-25)14-22-20(21-3)23-15-18(24(4)5)19-7-6-10-27-19/h6-7,10,16-18H,8-9,11-15H2,1-5H3,(H2,21,22,23). The Morgan fingerprint density at radius 2 is 1.93 bits per heavy atom. The molecule has 1 saturated heterocycles. The molecule has 0 aliphatic carbocycles. The summed E-state index contributed by atoms with van der Waals surface area (Å²) in [6.45, 7) is 9.85. The Balaban J connectivity index is 1.88. The smallest absolute Gasteiger partial charge is 0.191 e. The Kier molecular flexibility index (Phi) is 9.10. The molecule has 0 radical (unpaired) electrons. The number of nitrogens with zero attached hydrogens (tertiary/aromatic N) is 3. The first-order valence-electron chi connectivity index (χ1n) is 9.97. The van der Waals surface area contributed by atoms with E-state index in [-0.39, 0.29) is 6.04 Å². The van der Waals surface area contributed by atoms with Crippen LogP contribution in [-0.2, 0) is 4.74 Å². The van der Waals surface area contributed by atoms with E-state index in [0.717, 1.165) is 57.5 Å². The van der Waals surface area contributed by atoms with Gasteiger partial charge in [0.1, 0.15) is 5.76 Å². The van der Waals surface area contributed by atoms with Crippen molar-refractivity contribution in [1.82, 2.24) is 20.4 Å². The topological polar surface area (TPSA) is 65.3 Å². The third-order valence-corrected chi connectivity index (χ3v) is 4.99. The first-order valence-corrected chi connectivity index (χ1v) is 9.97. The van der Waals surface area contributed by atoms with E-state index in [4.69, 9.17) is 9.15 Å². The summed E-state index contributed by atoms with van der Waals surface area (Å²) in [7, 11) is 5.93. The first-order chi connectivity index (χ1) is 13.0. The zero-order valence-electron chi connectivity index (χ0n) is 17.6. The molecule has 7 heteroatoms. The van der Waals surface area contributed by atoms with Crippen LogP contribution in [0.2, 0.25) is 0 Å². The van der Waals surface area contributed by atoms with Gasteiger partial charge in [-0.05, 0) is 38.6 Å². The van der Waals surface area contributed by atoms with Gasteiger partial charge in [-0.15, -0.1) is 0 Å². The van der Waals surface area contributed by atoms with Crippen LogP contribution >= 0.6 is 0 Å². The Labute approximate surface area is 164 Å². The van der Waals surface area contributed by atoms with Crippen molar-refractivity contribution >= 4 is 5.96 Å². The van der Waals surface area contributed by atoms with Gasteiger partial charge in [-0.25, -0.2) is 0 Å². The maximum absolute atomic E-state index is 5.58. The molecule has 2 unspecified atom stereocenters. The number of ether oxygens (including phenoxy) is 1. The molecular formula is C20H37N5O2. The largest absolute Gasteiger partial charge is 0.468 e. The fourth-order valence-electron chi connectivity index (χ4n) is 3.50. The van der Waals surface area contributed by atoms with Crippen molar-refractivity contribution in [2.24, 2.45) is 10.9 Å². The second-order valence-corrected chi connectivity index (χ2v) is 7.76. The molecular weight excluding hydrogens is 342 g/mol. The lowest BCUT2D eigenvalue weighted by atomic mass is 10.0. The number of guanidine groups is 1. The fourth-order valence-corrected chi connectivity index (χ4v) is 3.50. The van der Waals surface area contributed by atoms with E-state index in [1.165, 1.54) is 0 Å². The summed E-state index contributed by atoms with van der Waals surface area (Å²) in [5.74, 6) is 2.44. The lowest BCUT2D eigenvalue weighted by molar-refractivity contribution is 0.0132. The average Bonchev–Trinajstić information content (AvgIpc) is 3.17. The summed E-state index contributed by atoms with van der Waals surface area (Å²) in [6, 6.07) is 4.59. The number of furan rings is 1. The highest BCUT2D eigenvalue weighted by atomic mass is 16.5. The van der Waals surface area contributed by atoms with Crippen LogP contribution in [0.3, 0.4) is 0 Å².